The van der Waals surface area contributed by atoms with Crippen LogP contribution in [0.5, 0.6) is 0 Å². The highest BCUT2D eigenvalue weighted by atomic mass is 79.9. The van der Waals surface area contributed by atoms with E-state index < -0.39 is 17.9 Å². The SMILES string of the molecule is Cc1cc(Br)ccc1N(CCCC(C)O)C(=O)C(N)=O. The van der Waals surface area contributed by atoms with E-state index in [1.165, 1.54) is 4.90 Å². The molecule has 5 nitrogen and oxygen atoms in total. The van der Waals surface area contributed by atoms with Crippen LogP contribution in [-0.2, 0) is 9.59 Å². The fourth-order valence-electron chi connectivity index (χ4n) is 1.93. The van der Waals surface area contributed by atoms with Crippen LogP contribution in [0.3, 0.4) is 0 Å². The van der Waals surface area contributed by atoms with Gasteiger partial charge in [-0.1, -0.05) is 15.9 Å². The average Bonchev–Trinajstić information content (AvgIpc) is 2.34. The molecule has 1 aromatic carbocycles. The van der Waals surface area contributed by atoms with Gasteiger partial charge in [0.1, 0.15) is 0 Å². The fraction of sp³-hybridized carbons (Fsp3) is 0.429. The molecule has 110 valence electrons. The molecule has 20 heavy (non-hydrogen) atoms. The summed E-state index contributed by atoms with van der Waals surface area (Å²) in [6.45, 7) is 3.89. The number of carbonyl (C=O) groups excluding carboxylic acids is 2. The molecule has 1 atom stereocenters. The van der Waals surface area contributed by atoms with Gasteiger partial charge >= 0.3 is 11.8 Å². The lowest BCUT2D eigenvalue weighted by atomic mass is 10.1. The van der Waals surface area contributed by atoms with E-state index in [0.717, 1.165) is 10.0 Å². The molecule has 0 aliphatic heterocycles. The monoisotopic (exact) mass is 342 g/mol. The van der Waals surface area contributed by atoms with Crippen molar-refractivity contribution < 1.29 is 14.7 Å². The highest BCUT2D eigenvalue weighted by Crippen LogP contribution is 2.24. The van der Waals surface area contributed by atoms with Crippen molar-refractivity contribution in [2.24, 2.45) is 5.73 Å². The van der Waals surface area contributed by atoms with Crippen LogP contribution >= 0.6 is 15.9 Å². The fourth-order valence-corrected chi connectivity index (χ4v) is 2.41. The quantitative estimate of drug-likeness (QED) is 0.799. The number of nitrogens with two attached hydrogens (primary N) is 1. The van der Waals surface area contributed by atoms with Crippen LogP contribution in [0.4, 0.5) is 5.69 Å². The lowest BCUT2D eigenvalue weighted by Crippen LogP contribution is -2.41. The minimum Gasteiger partial charge on any atom is -0.393 e. The first-order valence-corrected chi connectivity index (χ1v) is 7.17. The summed E-state index contributed by atoms with van der Waals surface area (Å²) in [6.07, 6.45) is 0.705. The van der Waals surface area contributed by atoms with Gasteiger partial charge in [0, 0.05) is 16.7 Å². The number of aliphatic hydroxyl groups is 1. The van der Waals surface area contributed by atoms with Gasteiger partial charge < -0.3 is 15.7 Å². The molecule has 1 aromatic rings. The maximum Gasteiger partial charge on any atom is 0.316 e. The Bertz CT molecular complexity index is 503. The van der Waals surface area contributed by atoms with E-state index in [4.69, 9.17) is 5.73 Å². The number of rotatable bonds is 5. The molecular formula is C14H19BrN2O3. The second-order valence-electron chi connectivity index (χ2n) is 4.74. The molecule has 2 amide bonds. The summed E-state index contributed by atoms with van der Waals surface area (Å²) >= 11 is 3.35. The third kappa shape index (κ3) is 4.61. The molecule has 0 saturated heterocycles. The number of benzene rings is 1. The van der Waals surface area contributed by atoms with Gasteiger partial charge in [-0.3, -0.25) is 9.59 Å². The molecule has 1 unspecified atom stereocenters. The van der Waals surface area contributed by atoms with Gasteiger partial charge in [-0.2, -0.15) is 0 Å². The highest BCUT2D eigenvalue weighted by Gasteiger charge is 2.22. The van der Waals surface area contributed by atoms with Gasteiger partial charge in [0.25, 0.3) is 0 Å². The first kappa shape index (κ1) is 16.7. The van der Waals surface area contributed by atoms with Crippen molar-refractivity contribution >= 4 is 33.4 Å². The van der Waals surface area contributed by atoms with E-state index in [2.05, 4.69) is 15.9 Å². The molecule has 3 N–H and O–H groups in total. The molecule has 0 aliphatic carbocycles. The predicted molar refractivity (Wildman–Crippen MR) is 81.3 cm³/mol. The number of hydrogen-bond acceptors (Lipinski definition) is 3. The Morgan fingerprint density at radius 1 is 1.45 bits per heavy atom. The number of amides is 2. The van der Waals surface area contributed by atoms with Crippen LogP contribution in [0, 0.1) is 6.92 Å². The van der Waals surface area contributed by atoms with E-state index in [0.29, 0.717) is 25.1 Å². The van der Waals surface area contributed by atoms with Gasteiger partial charge in [0.05, 0.1) is 6.10 Å². The van der Waals surface area contributed by atoms with E-state index in [1.807, 2.05) is 13.0 Å². The normalized spacial score (nSPS) is 12.0. The molecule has 0 fully saturated rings. The third-order valence-corrected chi connectivity index (χ3v) is 3.40. The number of primary amides is 1. The molecule has 0 bridgehead atoms. The summed E-state index contributed by atoms with van der Waals surface area (Å²) in [7, 11) is 0. The predicted octanol–water partition coefficient (Wildman–Crippen LogP) is 1.74. The first-order chi connectivity index (χ1) is 9.32. The number of halogens is 1. The molecule has 0 aromatic heterocycles. The zero-order valence-corrected chi connectivity index (χ0v) is 13.2. The van der Waals surface area contributed by atoms with Crippen molar-refractivity contribution in [1.29, 1.82) is 0 Å². The van der Waals surface area contributed by atoms with E-state index in [9.17, 15) is 14.7 Å². The summed E-state index contributed by atoms with van der Waals surface area (Å²) in [4.78, 5) is 24.5. The molecule has 1 rings (SSSR count). The molecule has 0 saturated carbocycles. The van der Waals surface area contributed by atoms with Gasteiger partial charge in [0.2, 0.25) is 0 Å². The van der Waals surface area contributed by atoms with Gasteiger partial charge in [-0.15, -0.1) is 0 Å². The largest absolute Gasteiger partial charge is 0.393 e. The third-order valence-electron chi connectivity index (χ3n) is 2.91. The second kappa shape index (κ2) is 7.40. The number of hydrogen-bond donors (Lipinski definition) is 2. The highest BCUT2D eigenvalue weighted by molar-refractivity contribution is 9.10. The topological polar surface area (TPSA) is 83.6 Å². The Kier molecular flexibility index (Phi) is 6.16. The minimum atomic E-state index is -0.982. The lowest BCUT2D eigenvalue weighted by molar-refractivity contribution is -0.135. The second-order valence-corrected chi connectivity index (χ2v) is 5.66. The van der Waals surface area contributed by atoms with Gasteiger partial charge in [-0.25, -0.2) is 0 Å². The van der Waals surface area contributed by atoms with Crippen LogP contribution in [-0.4, -0.2) is 29.6 Å². The van der Waals surface area contributed by atoms with Crippen LogP contribution in [0.2, 0.25) is 0 Å². The molecular weight excluding hydrogens is 324 g/mol. The van der Waals surface area contributed by atoms with Crippen molar-refractivity contribution in [1.82, 2.24) is 0 Å². The van der Waals surface area contributed by atoms with Crippen LogP contribution in [0.1, 0.15) is 25.3 Å². The molecule has 0 heterocycles. The van der Waals surface area contributed by atoms with Crippen LogP contribution in [0.15, 0.2) is 22.7 Å². The van der Waals surface area contributed by atoms with Gasteiger partial charge in [-0.05, 0) is 50.5 Å². The Balaban J connectivity index is 2.97. The zero-order chi connectivity index (χ0) is 15.3. The van der Waals surface area contributed by atoms with Crippen LogP contribution in [0.25, 0.3) is 0 Å². The first-order valence-electron chi connectivity index (χ1n) is 6.38. The van der Waals surface area contributed by atoms with E-state index in [-0.39, 0.29) is 0 Å². The minimum absolute atomic E-state index is 0.342. The van der Waals surface area contributed by atoms with Crippen molar-refractivity contribution in [3.63, 3.8) is 0 Å². The number of aliphatic hydroxyl groups excluding tert-OH is 1. The molecule has 0 aliphatic rings. The average molecular weight is 343 g/mol. The standard InChI is InChI=1S/C14H19BrN2O3/c1-9-8-11(15)5-6-12(9)17(14(20)13(16)19)7-3-4-10(2)18/h5-6,8,10,18H,3-4,7H2,1-2H3,(H2,16,19). The van der Waals surface area contributed by atoms with Crippen LogP contribution < -0.4 is 10.6 Å². The number of aryl methyl sites for hydroxylation is 1. The zero-order valence-electron chi connectivity index (χ0n) is 11.6. The van der Waals surface area contributed by atoms with Crippen molar-refractivity contribution in [3.8, 4) is 0 Å². The Labute approximate surface area is 126 Å². The smallest absolute Gasteiger partial charge is 0.316 e. The number of carbonyl (C=O) groups is 2. The molecule has 0 spiro atoms. The van der Waals surface area contributed by atoms with E-state index >= 15 is 0 Å². The Morgan fingerprint density at radius 2 is 2.10 bits per heavy atom. The van der Waals surface area contributed by atoms with E-state index in [1.54, 1.807) is 19.1 Å². The van der Waals surface area contributed by atoms with Gasteiger partial charge in [0.15, 0.2) is 0 Å². The molecule has 0 radical (unpaired) electrons. The summed E-state index contributed by atoms with van der Waals surface area (Å²) in [5.74, 6) is -1.72. The van der Waals surface area contributed by atoms with Crippen molar-refractivity contribution in [3.05, 3.63) is 28.2 Å². The molecule has 6 heteroatoms. The summed E-state index contributed by atoms with van der Waals surface area (Å²) < 4.78 is 0.897. The van der Waals surface area contributed by atoms with Crippen molar-refractivity contribution in [2.45, 2.75) is 32.8 Å². The number of anilines is 1. The lowest BCUT2D eigenvalue weighted by Gasteiger charge is -2.23. The maximum absolute atomic E-state index is 11.9. The summed E-state index contributed by atoms with van der Waals surface area (Å²) in [5.41, 5.74) is 6.62. The van der Waals surface area contributed by atoms with Crippen molar-refractivity contribution in [2.75, 3.05) is 11.4 Å². The Morgan fingerprint density at radius 3 is 2.60 bits per heavy atom. The maximum atomic E-state index is 11.9. The summed E-state index contributed by atoms with van der Waals surface area (Å²) in [6, 6.07) is 5.44. The summed E-state index contributed by atoms with van der Waals surface area (Å²) in [5, 5.41) is 9.27. The number of nitrogens with zero attached hydrogens (tertiary/aromatic N) is 1. The Hall–Kier alpha value is -1.40.